The molecule has 1 saturated carbocycles. The van der Waals surface area contributed by atoms with Crippen LogP contribution in [-0.2, 0) is 4.74 Å². The topological polar surface area (TPSA) is 36.9 Å². The van der Waals surface area contributed by atoms with Crippen LogP contribution < -0.4 is 5.32 Å². The lowest BCUT2D eigenvalue weighted by atomic mass is 9.78. The summed E-state index contributed by atoms with van der Waals surface area (Å²) in [6, 6.07) is 0. The van der Waals surface area contributed by atoms with Crippen molar-refractivity contribution in [1.29, 1.82) is 0 Å². The van der Waals surface area contributed by atoms with E-state index in [0.29, 0.717) is 10.8 Å². The minimum absolute atomic E-state index is 0. The molecule has 24 heavy (non-hydrogen) atoms. The minimum atomic E-state index is 0. The molecular weight excluding hydrogens is 413 g/mol. The molecule has 4 nitrogen and oxygen atoms in total. The summed E-state index contributed by atoms with van der Waals surface area (Å²) in [6.45, 7) is 12.0. The van der Waals surface area contributed by atoms with E-state index in [9.17, 15) is 0 Å². The highest BCUT2D eigenvalue weighted by atomic mass is 127. The lowest BCUT2D eigenvalue weighted by molar-refractivity contribution is 0.142. The Bertz CT molecular complexity index is 394. The van der Waals surface area contributed by atoms with Gasteiger partial charge in [0.25, 0.3) is 0 Å². The number of nitrogens with zero attached hydrogens (tertiary/aromatic N) is 2. The molecule has 0 amide bonds. The van der Waals surface area contributed by atoms with Crippen LogP contribution in [0.2, 0.25) is 0 Å². The van der Waals surface area contributed by atoms with E-state index >= 15 is 0 Å². The van der Waals surface area contributed by atoms with Crippen LogP contribution in [0.25, 0.3) is 0 Å². The van der Waals surface area contributed by atoms with Gasteiger partial charge in [-0.25, -0.2) is 0 Å². The maximum Gasteiger partial charge on any atom is 0.193 e. The van der Waals surface area contributed by atoms with Crippen LogP contribution in [0.5, 0.6) is 0 Å². The molecule has 1 unspecified atom stereocenters. The number of methoxy groups -OCH3 is 1. The largest absolute Gasteiger partial charge is 0.385 e. The van der Waals surface area contributed by atoms with Crippen LogP contribution in [0.15, 0.2) is 4.99 Å². The minimum Gasteiger partial charge on any atom is -0.385 e. The number of hydrogen-bond acceptors (Lipinski definition) is 2. The first-order valence-electron chi connectivity index (χ1n) is 9.59. The number of guanidine groups is 1. The summed E-state index contributed by atoms with van der Waals surface area (Å²) >= 11 is 0. The van der Waals surface area contributed by atoms with Crippen molar-refractivity contribution in [2.24, 2.45) is 15.8 Å². The highest BCUT2D eigenvalue weighted by Crippen LogP contribution is 2.49. The Morgan fingerprint density at radius 3 is 2.54 bits per heavy atom. The summed E-state index contributed by atoms with van der Waals surface area (Å²) < 4.78 is 5.27. The first-order valence-corrected chi connectivity index (χ1v) is 9.59. The molecule has 0 aromatic heterocycles. The van der Waals surface area contributed by atoms with Crippen LogP contribution in [-0.4, -0.2) is 50.8 Å². The zero-order chi connectivity index (χ0) is 16.8. The SMILES string of the molecule is CCCC1(C)CCCN(C(=NCC2(CCOC)CC2)NCC)C1.I. The van der Waals surface area contributed by atoms with Gasteiger partial charge >= 0.3 is 0 Å². The number of hydrogen-bond donors (Lipinski definition) is 1. The molecule has 0 aromatic carbocycles. The van der Waals surface area contributed by atoms with Gasteiger partial charge in [0.1, 0.15) is 0 Å². The Hall–Kier alpha value is -0.0400. The van der Waals surface area contributed by atoms with Crippen molar-refractivity contribution in [2.45, 2.75) is 65.7 Å². The van der Waals surface area contributed by atoms with Crippen LogP contribution in [0, 0.1) is 10.8 Å². The highest BCUT2D eigenvalue weighted by molar-refractivity contribution is 14.0. The molecule has 2 rings (SSSR count). The maximum atomic E-state index is 5.27. The molecule has 0 bridgehead atoms. The van der Waals surface area contributed by atoms with Crippen molar-refractivity contribution >= 4 is 29.9 Å². The Morgan fingerprint density at radius 2 is 1.96 bits per heavy atom. The average Bonchev–Trinajstić information content (AvgIpc) is 3.30. The van der Waals surface area contributed by atoms with Crippen LogP contribution >= 0.6 is 24.0 Å². The van der Waals surface area contributed by atoms with E-state index in [1.54, 1.807) is 7.11 Å². The van der Waals surface area contributed by atoms with Gasteiger partial charge < -0.3 is 15.0 Å². The van der Waals surface area contributed by atoms with E-state index in [1.165, 1.54) is 38.5 Å². The third-order valence-electron chi connectivity index (χ3n) is 5.63. The molecule has 1 aliphatic heterocycles. The molecule has 1 saturated heterocycles. The predicted molar refractivity (Wildman–Crippen MR) is 113 cm³/mol. The Kier molecular flexibility index (Phi) is 9.34. The van der Waals surface area contributed by atoms with Gasteiger partial charge in [0.2, 0.25) is 0 Å². The molecule has 2 fully saturated rings. The lowest BCUT2D eigenvalue weighted by Crippen LogP contribution is -2.50. The molecule has 0 spiro atoms. The normalized spacial score (nSPS) is 26.0. The number of aliphatic imine (C=N–C) groups is 1. The van der Waals surface area contributed by atoms with E-state index in [1.807, 2.05) is 0 Å². The second-order valence-corrected chi connectivity index (χ2v) is 8.00. The van der Waals surface area contributed by atoms with E-state index in [0.717, 1.165) is 45.2 Å². The lowest BCUT2D eigenvalue weighted by Gasteiger charge is -2.42. The molecule has 2 aliphatic rings. The first kappa shape index (κ1) is 22.0. The molecule has 5 heteroatoms. The van der Waals surface area contributed by atoms with Crippen molar-refractivity contribution in [1.82, 2.24) is 10.2 Å². The Balaban J connectivity index is 0.00000288. The number of ether oxygens (including phenoxy) is 1. The predicted octanol–water partition coefficient (Wildman–Crippen LogP) is 4.29. The Labute approximate surface area is 166 Å². The second kappa shape index (κ2) is 10.2. The van der Waals surface area contributed by atoms with Gasteiger partial charge in [0, 0.05) is 39.9 Å². The first-order chi connectivity index (χ1) is 11.1. The van der Waals surface area contributed by atoms with Crippen molar-refractivity contribution < 1.29 is 4.74 Å². The highest BCUT2D eigenvalue weighted by Gasteiger charge is 2.42. The zero-order valence-corrected chi connectivity index (χ0v) is 18.5. The summed E-state index contributed by atoms with van der Waals surface area (Å²) in [6.07, 6.45) is 9.02. The molecule has 0 aromatic rings. The second-order valence-electron chi connectivity index (χ2n) is 8.00. The summed E-state index contributed by atoms with van der Waals surface area (Å²) in [5.41, 5.74) is 0.885. The average molecular weight is 451 g/mol. The van der Waals surface area contributed by atoms with Crippen molar-refractivity contribution in [3.8, 4) is 0 Å². The smallest absolute Gasteiger partial charge is 0.193 e. The molecule has 1 heterocycles. The fourth-order valence-corrected chi connectivity index (χ4v) is 3.95. The molecule has 1 aliphatic carbocycles. The van der Waals surface area contributed by atoms with Gasteiger partial charge in [-0.15, -0.1) is 24.0 Å². The molecule has 1 atom stereocenters. The quantitative estimate of drug-likeness (QED) is 0.340. The third kappa shape index (κ3) is 6.36. The van der Waals surface area contributed by atoms with E-state index in [4.69, 9.17) is 9.73 Å². The zero-order valence-electron chi connectivity index (χ0n) is 16.2. The van der Waals surface area contributed by atoms with E-state index < -0.39 is 0 Å². The van der Waals surface area contributed by atoms with Gasteiger partial charge in [-0.3, -0.25) is 4.99 Å². The van der Waals surface area contributed by atoms with Gasteiger partial charge in [-0.1, -0.05) is 20.3 Å². The monoisotopic (exact) mass is 451 g/mol. The van der Waals surface area contributed by atoms with Crippen molar-refractivity contribution in [3.05, 3.63) is 0 Å². The number of piperidine rings is 1. The van der Waals surface area contributed by atoms with Crippen molar-refractivity contribution in [2.75, 3.05) is 39.9 Å². The number of rotatable bonds is 8. The third-order valence-corrected chi connectivity index (χ3v) is 5.63. The summed E-state index contributed by atoms with van der Waals surface area (Å²) in [7, 11) is 1.80. The van der Waals surface area contributed by atoms with Crippen LogP contribution in [0.4, 0.5) is 0 Å². The van der Waals surface area contributed by atoms with E-state index in [2.05, 4.69) is 31.0 Å². The Morgan fingerprint density at radius 1 is 1.21 bits per heavy atom. The number of likely N-dealkylation sites (tertiary alicyclic amines) is 1. The standard InChI is InChI=1S/C19H37N3O.HI/c1-5-8-18(3)9-7-13-22(16-18)17(20-6-2)21-15-19(10-11-19)12-14-23-4;/h5-16H2,1-4H3,(H,20,21);1H. The number of halogens is 1. The maximum absolute atomic E-state index is 5.27. The summed E-state index contributed by atoms with van der Waals surface area (Å²) in [5, 5.41) is 3.53. The fourth-order valence-electron chi connectivity index (χ4n) is 3.95. The van der Waals surface area contributed by atoms with Gasteiger partial charge in [-0.05, 0) is 56.3 Å². The number of nitrogens with one attached hydrogen (secondary N) is 1. The molecular formula is C19H38IN3O. The van der Waals surface area contributed by atoms with Gasteiger partial charge in [-0.2, -0.15) is 0 Å². The fraction of sp³-hybridized carbons (Fsp3) is 0.947. The summed E-state index contributed by atoms with van der Waals surface area (Å²) in [4.78, 5) is 7.53. The van der Waals surface area contributed by atoms with E-state index in [-0.39, 0.29) is 24.0 Å². The van der Waals surface area contributed by atoms with Crippen LogP contribution in [0.3, 0.4) is 0 Å². The summed E-state index contributed by atoms with van der Waals surface area (Å²) in [5.74, 6) is 1.14. The molecule has 0 radical (unpaired) electrons. The van der Waals surface area contributed by atoms with Crippen molar-refractivity contribution in [3.63, 3.8) is 0 Å². The van der Waals surface area contributed by atoms with Gasteiger partial charge in [0.15, 0.2) is 5.96 Å². The molecule has 1 N–H and O–H groups in total. The van der Waals surface area contributed by atoms with Gasteiger partial charge in [0.05, 0.1) is 0 Å². The molecule has 142 valence electrons. The van der Waals surface area contributed by atoms with Crippen LogP contribution in [0.1, 0.15) is 65.7 Å².